The standard InChI is InChI=1S/C13H19NO4S/c1-17-12-4-3-10(13(7-12)18-2)8-14-11-5-6-19(15,16)9-11/h3-4,7,11,14H,5-6,8-9H2,1-2H3/t11-/m1/s1. The van der Waals surface area contributed by atoms with E-state index in [0.29, 0.717) is 13.0 Å². The summed E-state index contributed by atoms with van der Waals surface area (Å²) in [5, 5.41) is 3.27. The summed E-state index contributed by atoms with van der Waals surface area (Å²) >= 11 is 0. The molecule has 0 unspecified atom stereocenters. The van der Waals surface area contributed by atoms with Gasteiger partial charge in [0.15, 0.2) is 9.84 Å². The predicted molar refractivity (Wildman–Crippen MR) is 73.4 cm³/mol. The van der Waals surface area contributed by atoms with E-state index in [2.05, 4.69) is 5.32 Å². The highest BCUT2D eigenvalue weighted by atomic mass is 32.2. The Kier molecular flexibility index (Phi) is 4.31. The number of ether oxygens (including phenoxy) is 2. The third-order valence-electron chi connectivity index (χ3n) is 3.31. The van der Waals surface area contributed by atoms with E-state index >= 15 is 0 Å². The molecule has 106 valence electrons. The minimum Gasteiger partial charge on any atom is -0.497 e. The lowest BCUT2D eigenvalue weighted by molar-refractivity contribution is 0.389. The van der Waals surface area contributed by atoms with Crippen molar-refractivity contribution in [3.05, 3.63) is 23.8 Å². The summed E-state index contributed by atoms with van der Waals surface area (Å²) in [6.45, 7) is 0.591. The molecule has 0 radical (unpaired) electrons. The Hall–Kier alpha value is -1.27. The lowest BCUT2D eigenvalue weighted by Gasteiger charge is -2.14. The second kappa shape index (κ2) is 5.79. The molecule has 6 heteroatoms. The maximum Gasteiger partial charge on any atom is 0.151 e. The quantitative estimate of drug-likeness (QED) is 0.873. The number of sulfone groups is 1. The van der Waals surface area contributed by atoms with Crippen molar-refractivity contribution in [3.63, 3.8) is 0 Å². The molecular weight excluding hydrogens is 266 g/mol. The Balaban J connectivity index is 2.00. The maximum absolute atomic E-state index is 11.4. The Bertz CT molecular complexity index is 542. The number of nitrogens with one attached hydrogen (secondary N) is 1. The fourth-order valence-corrected chi connectivity index (χ4v) is 3.92. The molecular formula is C13H19NO4S. The van der Waals surface area contributed by atoms with Crippen LogP contribution in [0.1, 0.15) is 12.0 Å². The SMILES string of the molecule is COc1ccc(CN[C@@H]2CCS(=O)(=O)C2)c(OC)c1. The fourth-order valence-electron chi connectivity index (χ4n) is 2.21. The van der Waals surface area contributed by atoms with Crippen LogP contribution in [0.5, 0.6) is 11.5 Å². The van der Waals surface area contributed by atoms with Crippen molar-refractivity contribution in [2.45, 2.75) is 19.0 Å². The van der Waals surface area contributed by atoms with Crippen molar-refractivity contribution in [1.29, 1.82) is 0 Å². The van der Waals surface area contributed by atoms with Crippen molar-refractivity contribution < 1.29 is 17.9 Å². The first-order valence-corrected chi connectivity index (χ1v) is 8.01. The van der Waals surface area contributed by atoms with E-state index in [1.54, 1.807) is 14.2 Å². The molecule has 1 aromatic rings. The zero-order valence-electron chi connectivity index (χ0n) is 11.2. The molecule has 1 aliphatic rings. The van der Waals surface area contributed by atoms with Crippen molar-refractivity contribution in [2.24, 2.45) is 0 Å². The first kappa shape index (κ1) is 14.1. The summed E-state index contributed by atoms with van der Waals surface area (Å²) in [5.41, 5.74) is 0.993. The Labute approximate surface area is 113 Å². The minimum atomic E-state index is -2.84. The van der Waals surface area contributed by atoms with Crippen LogP contribution in [0.2, 0.25) is 0 Å². The number of methoxy groups -OCH3 is 2. The fraction of sp³-hybridized carbons (Fsp3) is 0.538. The second-order valence-electron chi connectivity index (χ2n) is 4.66. The highest BCUT2D eigenvalue weighted by molar-refractivity contribution is 7.91. The monoisotopic (exact) mass is 285 g/mol. The van der Waals surface area contributed by atoms with Crippen LogP contribution in [0.25, 0.3) is 0 Å². The van der Waals surface area contributed by atoms with E-state index in [1.165, 1.54) is 0 Å². The van der Waals surface area contributed by atoms with Crippen molar-refractivity contribution >= 4 is 9.84 Å². The van der Waals surface area contributed by atoms with Gasteiger partial charge in [0.25, 0.3) is 0 Å². The first-order valence-electron chi connectivity index (χ1n) is 6.19. The third-order valence-corrected chi connectivity index (χ3v) is 5.08. The Morgan fingerprint density at radius 1 is 1.32 bits per heavy atom. The van der Waals surface area contributed by atoms with Crippen LogP contribution in [0.15, 0.2) is 18.2 Å². The summed E-state index contributed by atoms with van der Waals surface area (Å²) in [4.78, 5) is 0. The normalized spacial score (nSPS) is 21.3. The van der Waals surface area contributed by atoms with E-state index < -0.39 is 9.84 Å². The molecule has 1 fully saturated rings. The molecule has 0 spiro atoms. The smallest absolute Gasteiger partial charge is 0.151 e. The number of hydrogen-bond donors (Lipinski definition) is 1. The Morgan fingerprint density at radius 3 is 2.68 bits per heavy atom. The van der Waals surface area contributed by atoms with Gasteiger partial charge < -0.3 is 14.8 Å². The van der Waals surface area contributed by atoms with Gasteiger partial charge in [0, 0.05) is 24.2 Å². The summed E-state index contributed by atoms with van der Waals surface area (Å²) in [7, 11) is 0.377. The molecule has 1 aromatic carbocycles. The molecule has 1 heterocycles. The van der Waals surface area contributed by atoms with Crippen LogP contribution in [0.3, 0.4) is 0 Å². The van der Waals surface area contributed by atoms with Crippen molar-refractivity contribution in [2.75, 3.05) is 25.7 Å². The highest BCUT2D eigenvalue weighted by Crippen LogP contribution is 2.24. The van der Waals surface area contributed by atoms with Gasteiger partial charge in [-0.25, -0.2) is 8.42 Å². The summed E-state index contributed by atoms with van der Waals surface area (Å²) < 4.78 is 33.2. The van der Waals surface area contributed by atoms with Gasteiger partial charge in [0.05, 0.1) is 25.7 Å². The molecule has 0 aliphatic carbocycles. The van der Waals surface area contributed by atoms with E-state index in [4.69, 9.17) is 9.47 Å². The van der Waals surface area contributed by atoms with Crippen LogP contribution in [0, 0.1) is 0 Å². The largest absolute Gasteiger partial charge is 0.497 e. The molecule has 1 atom stereocenters. The molecule has 0 amide bonds. The molecule has 0 saturated carbocycles. The zero-order valence-corrected chi connectivity index (χ0v) is 12.0. The topological polar surface area (TPSA) is 64.6 Å². The predicted octanol–water partition coefficient (Wildman–Crippen LogP) is 0.980. The van der Waals surface area contributed by atoms with Crippen LogP contribution in [-0.2, 0) is 16.4 Å². The van der Waals surface area contributed by atoms with Gasteiger partial charge in [-0.2, -0.15) is 0 Å². The van der Waals surface area contributed by atoms with Crippen LogP contribution in [0.4, 0.5) is 0 Å². The van der Waals surface area contributed by atoms with E-state index in [-0.39, 0.29) is 17.5 Å². The molecule has 1 aliphatic heterocycles. The second-order valence-corrected chi connectivity index (χ2v) is 6.89. The van der Waals surface area contributed by atoms with Gasteiger partial charge in [-0.3, -0.25) is 0 Å². The summed E-state index contributed by atoms with van der Waals surface area (Å²) in [6, 6.07) is 5.65. The molecule has 1 saturated heterocycles. The average molecular weight is 285 g/mol. The van der Waals surface area contributed by atoms with Crippen molar-refractivity contribution in [1.82, 2.24) is 5.32 Å². The first-order chi connectivity index (χ1) is 9.04. The number of rotatable bonds is 5. The molecule has 1 N–H and O–H groups in total. The van der Waals surface area contributed by atoms with Crippen molar-refractivity contribution in [3.8, 4) is 11.5 Å². The zero-order chi connectivity index (χ0) is 13.9. The molecule has 2 rings (SSSR count). The van der Waals surface area contributed by atoms with E-state index in [1.807, 2.05) is 18.2 Å². The molecule has 0 bridgehead atoms. The van der Waals surface area contributed by atoms with Crippen LogP contribution >= 0.6 is 0 Å². The van der Waals surface area contributed by atoms with Gasteiger partial charge in [0.2, 0.25) is 0 Å². The van der Waals surface area contributed by atoms with E-state index in [0.717, 1.165) is 17.1 Å². The average Bonchev–Trinajstić information content (AvgIpc) is 2.75. The number of hydrogen-bond acceptors (Lipinski definition) is 5. The highest BCUT2D eigenvalue weighted by Gasteiger charge is 2.27. The maximum atomic E-state index is 11.4. The molecule has 0 aromatic heterocycles. The summed E-state index contributed by atoms with van der Waals surface area (Å²) in [6.07, 6.45) is 0.681. The van der Waals surface area contributed by atoms with Gasteiger partial charge >= 0.3 is 0 Å². The van der Waals surface area contributed by atoms with Gasteiger partial charge in [-0.1, -0.05) is 6.07 Å². The van der Waals surface area contributed by atoms with Crippen LogP contribution in [-0.4, -0.2) is 40.2 Å². The summed E-state index contributed by atoms with van der Waals surface area (Å²) in [5.74, 6) is 1.99. The third kappa shape index (κ3) is 3.61. The molecule has 19 heavy (non-hydrogen) atoms. The minimum absolute atomic E-state index is 0.0387. The van der Waals surface area contributed by atoms with Crippen LogP contribution < -0.4 is 14.8 Å². The lowest BCUT2D eigenvalue weighted by atomic mass is 10.1. The number of benzene rings is 1. The van der Waals surface area contributed by atoms with E-state index in [9.17, 15) is 8.42 Å². The van der Waals surface area contributed by atoms with Gasteiger partial charge in [-0.15, -0.1) is 0 Å². The van der Waals surface area contributed by atoms with Gasteiger partial charge in [0.1, 0.15) is 11.5 Å². The van der Waals surface area contributed by atoms with Gasteiger partial charge in [-0.05, 0) is 12.5 Å². The Morgan fingerprint density at radius 2 is 2.11 bits per heavy atom. The lowest BCUT2D eigenvalue weighted by Crippen LogP contribution is -2.29. The molecule has 5 nitrogen and oxygen atoms in total.